The zero-order valence-corrected chi connectivity index (χ0v) is 22.0. The number of hydrogen-bond donors (Lipinski definition) is 1. The Morgan fingerprint density at radius 2 is 1.82 bits per heavy atom. The van der Waals surface area contributed by atoms with Crippen molar-refractivity contribution < 1.29 is 9.59 Å². The third kappa shape index (κ3) is 7.33. The molecule has 1 N–H and O–H groups in total. The lowest BCUT2D eigenvalue weighted by Gasteiger charge is -2.25. The van der Waals surface area contributed by atoms with Gasteiger partial charge in [-0.2, -0.15) is 5.10 Å². The topological polar surface area (TPSA) is 67.2 Å². The van der Waals surface area contributed by atoms with E-state index >= 15 is 0 Å². The number of rotatable bonds is 9. The van der Waals surface area contributed by atoms with Crippen molar-refractivity contribution in [2.45, 2.75) is 78.6 Å². The third-order valence-electron chi connectivity index (χ3n) is 6.33. The highest BCUT2D eigenvalue weighted by Crippen LogP contribution is 2.29. The molecule has 2 amide bonds. The fourth-order valence-electron chi connectivity index (χ4n) is 4.45. The number of nitrogens with zero attached hydrogens (tertiary/aromatic N) is 3. The van der Waals surface area contributed by atoms with Crippen LogP contribution < -0.4 is 5.32 Å². The third-order valence-corrected chi connectivity index (χ3v) is 6.58. The summed E-state index contributed by atoms with van der Waals surface area (Å²) in [6.45, 7) is 11.0. The summed E-state index contributed by atoms with van der Waals surface area (Å²) in [5, 5.41) is 8.39. The Morgan fingerprint density at radius 1 is 1.18 bits per heavy atom. The molecule has 0 atom stereocenters. The maximum absolute atomic E-state index is 13.1. The smallest absolute Gasteiger partial charge is 0.245 e. The van der Waals surface area contributed by atoms with Gasteiger partial charge in [0, 0.05) is 29.5 Å². The Hall–Kier alpha value is -2.34. The van der Waals surface area contributed by atoms with Crippen LogP contribution in [0.2, 0.25) is 5.02 Å². The van der Waals surface area contributed by atoms with Crippen LogP contribution in [-0.4, -0.2) is 39.6 Å². The summed E-state index contributed by atoms with van der Waals surface area (Å²) in [7, 11) is 0. The highest BCUT2D eigenvalue weighted by molar-refractivity contribution is 6.30. The van der Waals surface area contributed by atoms with Crippen molar-refractivity contribution in [2.24, 2.45) is 11.8 Å². The molecule has 0 radical (unpaired) electrons. The van der Waals surface area contributed by atoms with Gasteiger partial charge in [-0.05, 0) is 42.5 Å². The first kappa shape index (κ1) is 26.3. The van der Waals surface area contributed by atoms with Gasteiger partial charge in [-0.15, -0.1) is 0 Å². The SMILES string of the molecule is CC(C)CN(CC(=O)Nc1cc(C(C)(C)C)nn1-c1ccc(Cl)cc1)C(=O)CCC1CCCC1. The van der Waals surface area contributed by atoms with Gasteiger partial charge in [0.25, 0.3) is 0 Å². The van der Waals surface area contributed by atoms with Gasteiger partial charge in [-0.25, -0.2) is 4.68 Å². The van der Waals surface area contributed by atoms with Crippen LogP contribution in [0.15, 0.2) is 30.3 Å². The molecule has 186 valence electrons. The summed E-state index contributed by atoms with van der Waals surface area (Å²) < 4.78 is 1.73. The van der Waals surface area contributed by atoms with Gasteiger partial charge in [0.15, 0.2) is 0 Å². The second kappa shape index (κ2) is 11.4. The van der Waals surface area contributed by atoms with Crippen LogP contribution in [0.3, 0.4) is 0 Å². The molecule has 0 aliphatic heterocycles. The summed E-state index contributed by atoms with van der Waals surface area (Å²) >= 11 is 6.06. The zero-order valence-electron chi connectivity index (χ0n) is 21.2. The van der Waals surface area contributed by atoms with Crippen LogP contribution in [0.25, 0.3) is 5.69 Å². The predicted octanol–water partition coefficient (Wildman–Crippen LogP) is 6.22. The molecule has 7 heteroatoms. The predicted molar refractivity (Wildman–Crippen MR) is 139 cm³/mol. The van der Waals surface area contributed by atoms with E-state index in [0.29, 0.717) is 29.7 Å². The van der Waals surface area contributed by atoms with Crippen molar-refractivity contribution in [2.75, 3.05) is 18.4 Å². The normalized spacial score (nSPS) is 14.6. The molecule has 0 bridgehead atoms. The fraction of sp³-hybridized carbons (Fsp3) is 0.593. The van der Waals surface area contributed by atoms with Crippen molar-refractivity contribution in [3.8, 4) is 5.69 Å². The van der Waals surface area contributed by atoms with Crippen LogP contribution in [0.5, 0.6) is 0 Å². The molecule has 1 heterocycles. The Labute approximate surface area is 209 Å². The van der Waals surface area contributed by atoms with Gasteiger partial charge in [-0.1, -0.05) is 71.9 Å². The summed E-state index contributed by atoms with van der Waals surface area (Å²) in [5.74, 6) is 1.38. The monoisotopic (exact) mass is 486 g/mol. The van der Waals surface area contributed by atoms with E-state index in [4.69, 9.17) is 16.7 Å². The van der Waals surface area contributed by atoms with Crippen molar-refractivity contribution in [3.63, 3.8) is 0 Å². The van der Waals surface area contributed by atoms with E-state index in [-0.39, 0.29) is 29.7 Å². The summed E-state index contributed by atoms with van der Waals surface area (Å²) in [6, 6.07) is 9.24. The van der Waals surface area contributed by atoms with Crippen LogP contribution in [0, 0.1) is 11.8 Å². The number of benzene rings is 1. The molecule has 1 saturated carbocycles. The molecule has 0 spiro atoms. The van der Waals surface area contributed by atoms with Crippen molar-refractivity contribution in [1.29, 1.82) is 0 Å². The second-order valence-corrected chi connectivity index (χ2v) is 11.4. The minimum Gasteiger partial charge on any atom is -0.333 e. The molecule has 1 aliphatic rings. The van der Waals surface area contributed by atoms with Gasteiger partial charge >= 0.3 is 0 Å². The van der Waals surface area contributed by atoms with E-state index < -0.39 is 0 Å². The number of carbonyl (C=O) groups is 2. The molecule has 1 fully saturated rings. The average Bonchev–Trinajstić information content (AvgIpc) is 3.41. The Balaban J connectivity index is 1.74. The minimum absolute atomic E-state index is 0.0400. The molecule has 1 aliphatic carbocycles. The maximum atomic E-state index is 13.1. The molecule has 34 heavy (non-hydrogen) atoms. The van der Waals surface area contributed by atoms with Gasteiger partial charge in [0.1, 0.15) is 5.82 Å². The average molecular weight is 487 g/mol. The van der Waals surface area contributed by atoms with E-state index in [2.05, 4.69) is 39.9 Å². The number of amides is 2. The van der Waals surface area contributed by atoms with E-state index in [1.165, 1.54) is 25.7 Å². The van der Waals surface area contributed by atoms with Crippen LogP contribution in [-0.2, 0) is 15.0 Å². The molecule has 2 aromatic rings. The molecular weight excluding hydrogens is 448 g/mol. The van der Waals surface area contributed by atoms with Gasteiger partial charge in [0.05, 0.1) is 17.9 Å². The van der Waals surface area contributed by atoms with E-state index in [9.17, 15) is 9.59 Å². The zero-order chi connectivity index (χ0) is 24.9. The van der Waals surface area contributed by atoms with Crippen LogP contribution in [0.1, 0.15) is 78.8 Å². The van der Waals surface area contributed by atoms with Crippen LogP contribution >= 0.6 is 11.6 Å². The minimum atomic E-state index is -0.217. The summed E-state index contributed by atoms with van der Waals surface area (Å²) in [5.41, 5.74) is 1.49. The first-order valence-electron chi connectivity index (χ1n) is 12.5. The van der Waals surface area contributed by atoms with Crippen molar-refractivity contribution >= 4 is 29.2 Å². The quantitative estimate of drug-likeness (QED) is 0.457. The standard InChI is InChI=1S/C27H39ClN4O2/c1-19(2)17-31(26(34)15-10-20-8-6-7-9-20)18-25(33)29-24-16-23(27(3,4)5)30-32(24)22-13-11-21(28)12-14-22/h11-14,16,19-20H,6-10,15,17-18H2,1-5H3,(H,29,33). The van der Waals surface area contributed by atoms with E-state index in [1.54, 1.807) is 21.7 Å². The number of halogens is 1. The first-order valence-corrected chi connectivity index (χ1v) is 12.8. The Bertz CT molecular complexity index is 970. The van der Waals surface area contributed by atoms with Crippen molar-refractivity contribution in [1.82, 2.24) is 14.7 Å². The summed E-state index contributed by atoms with van der Waals surface area (Å²) in [6.07, 6.45) is 6.43. The van der Waals surface area contributed by atoms with Gasteiger partial charge in [-0.3, -0.25) is 9.59 Å². The molecule has 0 unspecified atom stereocenters. The largest absolute Gasteiger partial charge is 0.333 e. The number of hydrogen-bond acceptors (Lipinski definition) is 3. The molecular formula is C27H39ClN4O2. The second-order valence-electron chi connectivity index (χ2n) is 11.0. The number of anilines is 1. The summed E-state index contributed by atoms with van der Waals surface area (Å²) in [4.78, 5) is 27.8. The number of nitrogens with one attached hydrogen (secondary N) is 1. The van der Waals surface area contributed by atoms with Crippen molar-refractivity contribution in [3.05, 3.63) is 41.0 Å². The lowest BCUT2D eigenvalue weighted by atomic mass is 9.92. The lowest BCUT2D eigenvalue weighted by Crippen LogP contribution is -2.40. The number of carbonyl (C=O) groups excluding carboxylic acids is 2. The first-order chi connectivity index (χ1) is 16.0. The van der Waals surface area contributed by atoms with Gasteiger partial charge < -0.3 is 10.2 Å². The number of aromatic nitrogens is 2. The molecule has 1 aromatic heterocycles. The Kier molecular flexibility index (Phi) is 8.80. The van der Waals surface area contributed by atoms with E-state index in [0.717, 1.165) is 17.8 Å². The highest BCUT2D eigenvalue weighted by Gasteiger charge is 2.24. The van der Waals surface area contributed by atoms with Gasteiger partial charge in [0.2, 0.25) is 11.8 Å². The van der Waals surface area contributed by atoms with Crippen LogP contribution in [0.4, 0.5) is 5.82 Å². The maximum Gasteiger partial charge on any atom is 0.245 e. The molecule has 3 rings (SSSR count). The molecule has 1 aromatic carbocycles. The molecule has 0 saturated heterocycles. The molecule has 6 nitrogen and oxygen atoms in total. The Morgan fingerprint density at radius 3 is 2.41 bits per heavy atom. The fourth-order valence-corrected chi connectivity index (χ4v) is 4.58. The highest BCUT2D eigenvalue weighted by atomic mass is 35.5. The van der Waals surface area contributed by atoms with E-state index in [1.807, 2.05) is 18.2 Å². The lowest BCUT2D eigenvalue weighted by molar-refractivity contribution is -0.135.